The molecule has 0 aromatic heterocycles. The van der Waals surface area contributed by atoms with Gasteiger partial charge < -0.3 is 9.47 Å². The van der Waals surface area contributed by atoms with Gasteiger partial charge in [-0.1, -0.05) is 108 Å². The predicted octanol–water partition coefficient (Wildman–Crippen LogP) is 6.87. The molecule has 192 valence electrons. The highest BCUT2D eigenvalue weighted by Gasteiger charge is 2.33. The predicted molar refractivity (Wildman–Crippen MR) is 129 cm³/mol. The summed E-state index contributed by atoms with van der Waals surface area (Å²) < 4.78 is 10.4. The van der Waals surface area contributed by atoms with Crippen molar-refractivity contribution in [2.45, 2.75) is 129 Å². The van der Waals surface area contributed by atoms with E-state index in [1.54, 1.807) is 0 Å². The molecule has 0 atom stereocenters. The number of carbonyl (C=O) groups is 3. The van der Waals surface area contributed by atoms with Crippen LogP contribution in [0.25, 0.3) is 0 Å². The number of carbonyl (C=O) groups excluding carboxylic acids is 3. The van der Waals surface area contributed by atoms with E-state index in [1.165, 1.54) is 96.3 Å². The van der Waals surface area contributed by atoms with Crippen LogP contribution in [-0.4, -0.2) is 42.9 Å². The zero-order valence-electron chi connectivity index (χ0n) is 21.0. The summed E-state index contributed by atoms with van der Waals surface area (Å²) in [5.41, 5.74) is 0. The van der Waals surface area contributed by atoms with Crippen molar-refractivity contribution in [3.8, 4) is 0 Å². The summed E-state index contributed by atoms with van der Waals surface area (Å²) in [5.74, 6) is -1.03. The van der Waals surface area contributed by atoms with Crippen LogP contribution in [0.15, 0.2) is 0 Å². The van der Waals surface area contributed by atoms with E-state index in [0.29, 0.717) is 18.1 Å². The van der Waals surface area contributed by atoms with Gasteiger partial charge in [-0.05, 0) is 6.42 Å². The van der Waals surface area contributed by atoms with E-state index in [-0.39, 0.29) is 19.4 Å². The maximum atomic E-state index is 11.5. The average Bonchev–Trinajstić information content (AvgIpc) is 3.12. The van der Waals surface area contributed by atoms with Crippen molar-refractivity contribution >= 4 is 18.0 Å². The van der Waals surface area contributed by atoms with Crippen LogP contribution in [0.4, 0.5) is 4.79 Å². The van der Waals surface area contributed by atoms with Crippen LogP contribution in [0.1, 0.15) is 129 Å². The number of rotatable bonds is 22. The first-order valence-electron chi connectivity index (χ1n) is 13.4. The van der Waals surface area contributed by atoms with Crippen molar-refractivity contribution in [1.29, 1.82) is 0 Å². The Balaban J connectivity index is 1.72. The van der Waals surface area contributed by atoms with Gasteiger partial charge in [0.2, 0.25) is 0 Å². The minimum Gasteiger partial charge on any atom is -0.433 e. The largest absolute Gasteiger partial charge is 0.533 e. The molecule has 0 bridgehead atoms. The first kappa shape index (κ1) is 29.4. The molecule has 0 saturated carbocycles. The van der Waals surface area contributed by atoms with E-state index in [4.69, 9.17) is 9.47 Å². The van der Waals surface area contributed by atoms with E-state index >= 15 is 0 Å². The molecule has 33 heavy (non-hydrogen) atoms. The van der Waals surface area contributed by atoms with Crippen LogP contribution in [0, 0.1) is 0 Å². The van der Waals surface area contributed by atoms with Crippen molar-refractivity contribution in [2.24, 2.45) is 0 Å². The summed E-state index contributed by atoms with van der Waals surface area (Å²) in [6, 6.07) is 0. The Labute approximate surface area is 200 Å². The Bertz CT molecular complexity index is 509. The van der Waals surface area contributed by atoms with Gasteiger partial charge in [-0.3, -0.25) is 14.4 Å². The minimum absolute atomic E-state index is 0.0688. The zero-order chi connectivity index (χ0) is 24.0. The minimum atomic E-state index is -1.03. The van der Waals surface area contributed by atoms with Crippen LogP contribution < -0.4 is 0 Å². The molecular weight excluding hydrogens is 422 g/mol. The van der Waals surface area contributed by atoms with E-state index in [2.05, 4.69) is 11.8 Å². The zero-order valence-corrected chi connectivity index (χ0v) is 21.0. The van der Waals surface area contributed by atoms with Crippen LogP contribution >= 0.6 is 0 Å². The Kier molecular flexibility index (Phi) is 18.7. The molecule has 1 saturated heterocycles. The van der Waals surface area contributed by atoms with Gasteiger partial charge in [0.15, 0.2) is 0 Å². The van der Waals surface area contributed by atoms with Crippen molar-refractivity contribution < 1.29 is 28.7 Å². The quantitative estimate of drug-likeness (QED) is 0.0977. The number of ether oxygens (including phenoxy) is 2. The van der Waals surface area contributed by atoms with Crippen molar-refractivity contribution in [3.63, 3.8) is 0 Å². The van der Waals surface area contributed by atoms with Gasteiger partial charge in [-0.25, -0.2) is 4.79 Å². The SMILES string of the molecule is CCCCCCCCCCCCCCCCCCOCCCOC(=O)ON1C(=O)CCC1=O. The second-order valence-corrected chi connectivity index (χ2v) is 9.04. The van der Waals surface area contributed by atoms with Crippen LogP contribution in [0.3, 0.4) is 0 Å². The number of hydrogen-bond donors (Lipinski definition) is 0. The number of nitrogens with zero attached hydrogens (tertiary/aromatic N) is 1. The van der Waals surface area contributed by atoms with E-state index in [0.717, 1.165) is 13.0 Å². The molecular formula is C26H47NO6. The Morgan fingerprint density at radius 1 is 0.636 bits per heavy atom. The lowest BCUT2D eigenvalue weighted by Gasteiger charge is -2.12. The fourth-order valence-electron chi connectivity index (χ4n) is 3.93. The second-order valence-electron chi connectivity index (χ2n) is 9.04. The molecule has 0 unspecified atom stereocenters. The lowest BCUT2D eigenvalue weighted by molar-refractivity contribution is -0.177. The van der Waals surface area contributed by atoms with Crippen molar-refractivity contribution in [1.82, 2.24) is 5.06 Å². The summed E-state index contributed by atoms with van der Waals surface area (Å²) in [5, 5.41) is 0.482. The first-order valence-corrected chi connectivity index (χ1v) is 13.4. The Morgan fingerprint density at radius 2 is 1.06 bits per heavy atom. The van der Waals surface area contributed by atoms with Gasteiger partial charge in [0.05, 0.1) is 6.61 Å². The van der Waals surface area contributed by atoms with E-state index in [1.807, 2.05) is 0 Å². The van der Waals surface area contributed by atoms with Gasteiger partial charge in [-0.2, -0.15) is 0 Å². The maximum absolute atomic E-state index is 11.5. The first-order chi connectivity index (χ1) is 16.1. The molecule has 1 heterocycles. The summed E-state index contributed by atoms with van der Waals surface area (Å²) >= 11 is 0. The maximum Gasteiger partial charge on any atom is 0.533 e. The average molecular weight is 470 g/mol. The van der Waals surface area contributed by atoms with Crippen molar-refractivity contribution in [2.75, 3.05) is 19.8 Å². The fraction of sp³-hybridized carbons (Fsp3) is 0.885. The molecule has 0 aromatic rings. The van der Waals surface area contributed by atoms with E-state index < -0.39 is 18.0 Å². The van der Waals surface area contributed by atoms with Crippen LogP contribution in [0.2, 0.25) is 0 Å². The highest BCUT2D eigenvalue weighted by atomic mass is 16.8. The molecule has 1 fully saturated rings. The second kappa shape index (κ2) is 20.9. The summed E-state index contributed by atoms with van der Waals surface area (Å²) in [4.78, 5) is 38.7. The Hall–Kier alpha value is -1.63. The van der Waals surface area contributed by atoms with Gasteiger partial charge >= 0.3 is 6.16 Å². The summed E-state index contributed by atoms with van der Waals surface area (Å²) in [6.45, 7) is 3.63. The fourth-order valence-corrected chi connectivity index (χ4v) is 3.93. The third-order valence-corrected chi connectivity index (χ3v) is 5.97. The number of unbranched alkanes of at least 4 members (excludes halogenated alkanes) is 15. The molecule has 7 nitrogen and oxygen atoms in total. The molecule has 1 aliphatic heterocycles. The molecule has 0 spiro atoms. The third kappa shape index (κ3) is 16.6. The van der Waals surface area contributed by atoms with Crippen LogP contribution in [0.5, 0.6) is 0 Å². The van der Waals surface area contributed by atoms with Gasteiger partial charge in [-0.15, -0.1) is 0 Å². The van der Waals surface area contributed by atoms with Gasteiger partial charge in [0.25, 0.3) is 11.8 Å². The molecule has 0 N–H and O–H groups in total. The highest BCUT2D eigenvalue weighted by Crippen LogP contribution is 2.14. The smallest absolute Gasteiger partial charge is 0.433 e. The molecule has 0 aliphatic carbocycles. The summed E-state index contributed by atoms with van der Waals surface area (Å²) in [7, 11) is 0. The number of hydrogen-bond acceptors (Lipinski definition) is 6. The molecule has 1 aliphatic rings. The van der Waals surface area contributed by atoms with Crippen LogP contribution in [-0.2, 0) is 23.9 Å². The molecule has 0 aromatic carbocycles. The van der Waals surface area contributed by atoms with Gasteiger partial charge in [0.1, 0.15) is 0 Å². The Morgan fingerprint density at radius 3 is 1.55 bits per heavy atom. The molecule has 7 heteroatoms. The number of hydroxylamine groups is 2. The number of imide groups is 1. The lowest BCUT2D eigenvalue weighted by Crippen LogP contribution is -2.32. The lowest BCUT2D eigenvalue weighted by atomic mass is 10.0. The monoisotopic (exact) mass is 469 g/mol. The number of amides is 2. The van der Waals surface area contributed by atoms with Crippen molar-refractivity contribution in [3.05, 3.63) is 0 Å². The molecule has 0 radical (unpaired) electrons. The molecule has 1 rings (SSSR count). The standard InChI is InChI=1S/C26H47NO6/c1-2-3-4-5-6-7-8-9-10-11-12-13-14-15-16-17-21-31-22-18-23-32-26(30)33-27-24(28)19-20-25(27)29/h2-23H2,1H3. The topological polar surface area (TPSA) is 82.1 Å². The molecule has 2 amide bonds. The summed E-state index contributed by atoms with van der Waals surface area (Å²) in [6.07, 6.45) is 21.3. The van der Waals surface area contributed by atoms with E-state index in [9.17, 15) is 14.4 Å². The third-order valence-electron chi connectivity index (χ3n) is 5.97. The van der Waals surface area contributed by atoms with Gasteiger partial charge in [0, 0.05) is 32.5 Å². The highest BCUT2D eigenvalue weighted by molar-refractivity contribution is 6.01. The normalized spacial score (nSPS) is 13.7.